The van der Waals surface area contributed by atoms with Crippen LogP contribution in [0.25, 0.3) is 0 Å². The van der Waals surface area contributed by atoms with Crippen LogP contribution in [0.15, 0.2) is 42.5 Å². The van der Waals surface area contributed by atoms with E-state index in [0.717, 1.165) is 6.07 Å². The van der Waals surface area contributed by atoms with Crippen LogP contribution in [0, 0.1) is 10.1 Å². The number of esters is 1. The van der Waals surface area contributed by atoms with Crippen molar-refractivity contribution >= 4 is 34.7 Å². The zero-order valence-electron chi connectivity index (χ0n) is 12.6. The number of hydrogen-bond donors (Lipinski definition) is 1. The van der Waals surface area contributed by atoms with Crippen molar-refractivity contribution in [3.8, 4) is 0 Å². The highest BCUT2D eigenvalue weighted by atomic mass is 35.5. The maximum Gasteiger partial charge on any atom is 0.338 e. The van der Waals surface area contributed by atoms with Gasteiger partial charge < -0.3 is 10.1 Å². The van der Waals surface area contributed by atoms with Gasteiger partial charge in [-0.2, -0.15) is 0 Å². The molecule has 0 spiro atoms. The lowest BCUT2D eigenvalue weighted by Crippen LogP contribution is -2.15. The number of halogens is 1. The number of ketones is 1. The number of nitrogens with one attached hydrogen (secondary N) is 1. The van der Waals surface area contributed by atoms with E-state index < -0.39 is 23.3 Å². The smallest absolute Gasteiger partial charge is 0.338 e. The third-order valence-corrected chi connectivity index (χ3v) is 3.54. The van der Waals surface area contributed by atoms with Gasteiger partial charge in [0.25, 0.3) is 5.69 Å². The molecule has 7 nitrogen and oxygen atoms in total. The average molecular weight is 349 g/mol. The maximum atomic E-state index is 12.0. The minimum Gasteiger partial charge on any atom is -0.454 e. The number of carbonyl (C=O) groups excluding carboxylic acids is 2. The molecule has 0 saturated carbocycles. The number of benzene rings is 2. The molecule has 8 heteroatoms. The van der Waals surface area contributed by atoms with E-state index in [2.05, 4.69) is 5.32 Å². The Morgan fingerprint density at radius 1 is 1.25 bits per heavy atom. The van der Waals surface area contributed by atoms with Gasteiger partial charge >= 0.3 is 5.97 Å². The average Bonchev–Trinajstić information content (AvgIpc) is 2.59. The van der Waals surface area contributed by atoms with Crippen molar-refractivity contribution in [2.24, 2.45) is 0 Å². The lowest BCUT2D eigenvalue weighted by Gasteiger charge is -2.07. The van der Waals surface area contributed by atoms with Gasteiger partial charge in [-0.15, -0.1) is 0 Å². The maximum absolute atomic E-state index is 12.0. The van der Waals surface area contributed by atoms with Crippen LogP contribution in [0.4, 0.5) is 11.4 Å². The first-order valence-electron chi connectivity index (χ1n) is 6.85. The predicted octanol–water partition coefficient (Wildman–Crippen LogP) is 3.33. The second kappa shape index (κ2) is 7.56. The molecule has 0 aliphatic rings. The lowest BCUT2D eigenvalue weighted by molar-refractivity contribution is -0.384. The highest BCUT2D eigenvalue weighted by Crippen LogP contribution is 2.25. The summed E-state index contributed by atoms with van der Waals surface area (Å²) in [5, 5.41) is 13.9. The molecule has 0 aromatic heterocycles. The van der Waals surface area contributed by atoms with Crippen LogP contribution < -0.4 is 5.32 Å². The third kappa shape index (κ3) is 3.88. The molecule has 0 radical (unpaired) electrons. The molecule has 0 unspecified atom stereocenters. The minimum atomic E-state index is -0.832. The van der Waals surface area contributed by atoms with E-state index in [-0.39, 0.29) is 27.5 Å². The van der Waals surface area contributed by atoms with Crippen molar-refractivity contribution in [3.63, 3.8) is 0 Å². The SMILES string of the molecule is CNc1ccc(C(=O)OCC(=O)c2ccccc2Cl)cc1[N+](=O)[O-]. The number of Topliss-reactive ketones (excluding diaryl/α,β-unsaturated/α-hetero) is 1. The first-order chi connectivity index (χ1) is 11.4. The summed E-state index contributed by atoms with van der Waals surface area (Å²) in [5.41, 5.74) is 0.226. The molecule has 24 heavy (non-hydrogen) atoms. The summed E-state index contributed by atoms with van der Waals surface area (Å²) in [6.45, 7) is -0.510. The molecule has 0 saturated heterocycles. The molecular formula is C16H13ClN2O5. The highest BCUT2D eigenvalue weighted by Gasteiger charge is 2.19. The number of carbonyl (C=O) groups is 2. The highest BCUT2D eigenvalue weighted by molar-refractivity contribution is 6.34. The van der Waals surface area contributed by atoms with Crippen LogP contribution in [-0.2, 0) is 4.74 Å². The lowest BCUT2D eigenvalue weighted by atomic mass is 10.1. The molecule has 1 N–H and O–H groups in total. The van der Waals surface area contributed by atoms with Crippen molar-refractivity contribution in [2.45, 2.75) is 0 Å². The Bertz CT molecular complexity index is 807. The van der Waals surface area contributed by atoms with E-state index in [0.29, 0.717) is 0 Å². The van der Waals surface area contributed by atoms with Gasteiger partial charge in [-0.3, -0.25) is 14.9 Å². The van der Waals surface area contributed by atoms with Crippen LogP contribution in [0.1, 0.15) is 20.7 Å². The third-order valence-electron chi connectivity index (χ3n) is 3.21. The Balaban J connectivity index is 2.10. The molecule has 0 heterocycles. The summed E-state index contributed by atoms with van der Waals surface area (Å²) in [4.78, 5) is 34.4. The summed E-state index contributed by atoms with van der Waals surface area (Å²) in [6.07, 6.45) is 0. The molecule has 2 aromatic carbocycles. The zero-order valence-corrected chi connectivity index (χ0v) is 13.4. The van der Waals surface area contributed by atoms with Crippen molar-refractivity contribution in [3.05, 3.63) is 68.7 Å². The van der Waals surface area contributed by atoms with E-state index in [1.807, 2.05) is 0 Å². The van der Waals surface area contributed by atoms with E-state index in [1.54, 1.807) is 18.2 Å². The normalized spacial score (nSPS) is 10.1. The molecule has 0 aliphatic carbocycles. The minimum absolute atomic E-state index is 0.0207. The zero-order chi connectivity index (χ0) is 17.7. The fourth-order valence-corrected chi connectivity index (χ4v) is 2.24. The van der Waals surface area contributed by atoms with Gasteiger partial charge in [0, 0.05) is 18.7 Å². The topological polar surface area (TPSA) is 98.5 Å². The van der Waals surface area contributed by atoms with Crippen molar-refractivity contribution in [1.29, 1.82) is 0 Å². The Morgan fingerprint density at radius 3 is 2.58 bits per heavy atom. The van der Waals surface area contributed by atoms with Gasteiger partial charge in [0.05, 0.1) is 15.5 Å². The van der Waals surface area contributed by atoms with Crippen LogP contribution in [-0.4, -0.2) is 30.3 Å². The Hall–Kier alpha value is -2.93. The van der Waals surface area contributed by atoms with Crippen LogP contribution >= 0.6 is 11.6 Å². The van der Waals surface area contributed by atoms with Crippen molar-refractivity contribution < 1.29 is 19.2 Å². The molecule has 2 aromatic rings. The summed E-state index contributed by atoms with van der Waals surface area (Å²) >= 11 is 5.90. The van der Waals surface area contributed by atoms with Gasteiger partial charge in [0.15, 0.2) is 6.61 Å². The predicted molar refractivity (Wildman–Crippen MR) is 88.7 cm³/mol. The van der Waals surface area contributed by atoms with Gasteiger partial charge in [-0.1, -0.05) is 23.7 Å². The molecule has 0 atom stereocenters. The molecule has 0 fully saturated rings. The number of nitro benzene ring substituents is 1. The molecular weight excluding hydrogens is 336 g/mol. The summed E-state index contributed by atoms with van der Waals surface area (Å²) in [6, 6.07) is 10.2. The largest absolute Gasteiger partial charge is 0.454 e. The van der Waals surface area contributed by atoms with E-state index in [4.69, 9.17) is 16.3 Å². The second-order valence-electron chi connectivity index (χ2n) is 4.72. The Kier molecular flexibility index (Phi) is 5.49. The quantitative estimate of drug-likeness (QED) is 0.372. The second-order valence-corrected chi connectivity index (χ2v) is 5.13. The number of rotatable bonds is 6. The summed E-state index contributed by atoms with van der Waals surface area (Å²) in [7, 11) is 1.53. The van der Waals surface area contributed by atoms with Crippen molar-refractivity contribution in [2.75, 3.05) is 19.0 Å². The van der Waals surface area contributed by atoms with E-state index in [1.165, 1.54) is 25.2 Å². The van der Waals surface area contributed by atoms with Crippen LogP contribution in [0.3, 0.4) is 0 Å². The molecule has 2 rings (SSSR count). The number of hydrogen-bond acceptors (Lipinski definition) is 6. The van der Waals surface area contributed by atoms with Gasteiger partial charge in [-0.05, 0) is 24.3 Å². The van der Waals surface area contributed by atoms with E-state index in [9.17, 15) is 19.7 Å². The van der Waals surface area contributed by atoms with Crippen molar-refractivity contribution in [1.82, 2.24) is 0 Å². The Labute approximate surface area is 142 Å². The Morgan fingerprint density at radius 2 is 1.96 bits per heavy atom. The van der Waals surface area contributed by atoms with Gasteiger partial charge in [0.1, 0.15) is 5.69 Å². The number of anilines is 1. The number of ether oxygens (including phenoxy) is 1. The fraction of sp³-hybridized carbons (Fsp3) is 0.125. The van der Waals surface area contributed by atoms with Gasteiger partial charge in [0.2, 0.25) is 5.78 Å². The van der Waals surface area contributed by atoms with Gasteiger partial charge in [-0.25, -0.2) is 4.79 Å². The summed E-state index contributed by atoms with van der Waals surface area (Å²) < 4.78 is 4.92. The first-order valence-corrected chi connectivity index (χ1v) is 7.23. The van der Waals surface area contributed by atoms with Crippen LogP contribution in [0.5, 0.6) is 0 Å². The fourth-order valence-electron chi connectivity index (χ4n) is 2.00. The number of nitro groups is 1. The molecule has 0 aliphatic heterocycles. The summed E-state index contributed by atoms with van der Waals surface area (Å²) in [5.74, 6) is -1.29. The first kappa shape index (κ1) is 17.4. The number of nitrogens with zero attached hydrogens (tertiary/aromatic N) is 1. The molecule has 124 valence electrons. The van der Waals surface area contributed by atoms with E-state index >= 15 is 0 Å². The molecule has 0 bridgehead atoms. The molecule has 0 amide bonds. The van der Waals surface area contributed by atoms with Crippen LogP contribution in [0.2, 0.25) is 5.02 Å². The monoisotopic (exact) mass is 348 g/mol. The standard InChI is InChI=1S/C16H13ClN2O5/c1-18-13-7-6-10(8-14(13)19(22)23)16(21)24-9-15(20)11-4-2-3-5-12(11)17/h2-8,18H,9H2,1H3.